The van der Waals surface area contributed by atoms with Crippen LogP contribution >= 0.6 is 23.2 Å². The molecule has 1 amide bonds. The van der Waals surface area contributed by atoms with Crippen molar-refractivity contribution in [3.05, 3.63) is 67.5 Å². The minimum absolute atomic E-state index is 0.0629. The van der Waals surface area contributed by atoms with Crippen molar-refractivity contribution >= 4 is 35.1 Å². The fourth-order valence-electron chi connectivity index (χ4n) is 7.21. The number of carbonyl (C=O) groups is 2. The van der Waals surface area contributed by atoms with Crippen LogP contribution in [0.15, 0.2) is 6.07 Å². The van der Waals surface area contributed by atoms with Crippen molar-refractivity contribution in [2.75, 3.05) is 20.2 Å². The molecule has 0 radical (unpaired) electrons. The number of nitrogens with zero attached hydrogens (tertiary/aromatic N) is 1. The van der Waals surface area contributed by atoms with Gasteiger partial charge in [0.05, 0.1) is 23.1 Å². The average molecular weight is 649 g/mol. The van der Waals surface area contributed by atoms with Crippen molar-refractivity contribution in [2.24, 2.45) is 11.3 Å². The lowest BCUT2D eigenvalue weighted by Gasteiger charge is -2.51. The third kappa shape index (κ3) is 5.65. The number of amides is 1. The number of unbranched alkanes of at least 4 members (excludes halogenated alkanes) is 2. The summed E-state index contributed by atoms with van der Waals surface area (Å²) in [5.74, 6) is -10.8. The molecule has 236 valence electrons. The van der Waals surface area contributed by atoms with Crippen molar-refractivity contribution in [3.63, 3.8) is 0 Å². The minimum Gasteiger partial charge on any atom is -0.469 e. The van der Waals surface area contributed by atoms with Gasteiger partial charge in [-0.25, -0.2) is 22.0 Å². The summed E-state index contributed by atoms with van der Waals surface area (Å²) in [5.41, 5.74) is -0.667. The van der Waals surface area contributed by atoms with Crippen molar-refractivity contribution in [1.29, 1.82) is 0 Å². The number of hydrogen-bond donors (Lipinski definition) is 0. The normalized spacial score (nSPS) is 23.7. The molecule has 1 aliphatic heterocycles. The first kappa shape index (κ1) is 33.5. The molecule has 0 aromatic heterocycles. The fourth-order valence-corrected chi connectivity index (χ4v) is 8.18. The second-order valence-electron chi connectivity index (χ2n) is 12.5. The highest BCUT2D eigenvalue weighted by Gasteiger charge is 2.57. The number of rotatable bonds is 8. The Morgan fingerprint density at radius 3 is 2.19 bits per heavy atom. The Bertz CT molecular complexity index is 1420. The first-order chi connectivity index (χ1) is 20.1. The lowest BCUT2D eigenvalue weighted by Crippen LogP contribution is -2.54. The molecule has 1 heterocycles. The van der Waals surface area contributed by atoms with E-state index in [4.69, 9.17) is 27.9 Å². The topological polar surface area (TPSA) is 46.6 Å². The second-order valence-corrected chi connectivity index (χ2v) is 13.3. The summed E-state index contributed by atoms with van der Waals surface area (Å²) in [6.07, 6.45) is 2.51. The molecule has 0 spiro atoms. The number of halogens is 7. The molecule has 4 rings (SSSR count). The summed E-state index contributed by atoms with van der Waals surface area (Å²) in [5, 5.41) is 0.740. The molecule has 1 saturated carbocycles. The standard InChI is InChI=1S/C32H36Cl2F5NO3/c1-16(2)21-19(33)14-18-22(23(21)34)29(41)40(15-20-31(18,3)11-9-12-32(20,4)30(42)43-5)13-8-6-7-10-17-24(35)26(37)28(39)27(38)25(17)36/h14,16,20H,6-13,15H2,1-5H3/t20?,31-,32-/m1/s1. The summed E-state index contributed by atoms with van der Waals surface area (Å²) < 4.78 is 74.1. The zero-order valence-corrected chi connectivity index (χ0v) is 26.4. The lowest BCUT2D eigenvalue weighted by molar-refractivity contribution is -0.161. The van der Waals surface area contributed by atoms with Gasteiger partial charge in [-0.15, -0.1) is 0 Å². The van der Waals surface area contributed by atoms with Gasteiger partial charge >= 0.3 is 5.97 Å². The van der Waals surface area contributed by atoms with Crippen LogP contribution < -0.4 is 0 Å². The number of hydrogen-bond acceptors (Lipinski definition) is 3. The van der Waals surface area contributed by atoms with Gasteiger partial charge < -0.3 is 9.64 Å². The molecule has 1 unspecified atom stereocenters. The summed E-state index contributed by atoms with van der Waals surface area (Å²) in [6, 6.07) is 1.82. The van der Waals surface area contributed by atoms with E-state index in [1.807, 2.05) is 33.8 Å². The molecule has 11 heteroatoms. The smallest absolute Gasteiger partial charge is 0.311 e. The van der Waals surface area contributed by atoms with Crippen LogP contribution in [-0.2, 0) is 21.4 Å². The van der Waals surface area contributed by atoms with E-state index < -0.39 is 45.5 Å². The average Bonchev–Trinajstić information content (AvgIpc) is 3.04. The number of carbonyl (C=O) groups excluding carboxylic acids is 2. The third-order valence-corrected chi connectivity index (χ3v) is 10.3. The van der Waals surface area contributed by atoms with Crippen LogP contribution in [0.2, 0.25) is 10.0 Å². The number of esters is 1. The number of ether oxygens (including phenoxy) is 1. The van der Waals surface area contributed by atoms with Crippen molar-refractivity contribution in [2.45, 2.75) is 84.0 Å². The van der Waals surface area contributed by atoms with Gasteiger partial charge in [-0.1, -0.05) is 56.8 Å². The maximum absolute atomic E-state index is 14.2. The first-order valence-electron chi connectivity index (χ1n) is 14.5. The van der Waals surface area contributed by atoms with Gasteiger partial charge in [0.2, 0.25) is 5.82 Å². The van der Waals surface area contributed by atoms with E-state index in [9.17, 15) is 31.5 Å². The van der Waals surface area contributed by atoms with Gasteiger partial charge in [-0.05, 0) is 67.6 Å². The third-order valence-electron chi connectivity index (χ3n) is 9.59. The maximum Gasteiger partial charge on any atom is 0.311 e. The monoisotopic (exact) mass is 647 g/mol. The summed E-state index contributed by atoms with van der Waals surface area (Å²) in [6.45, 7) is 8.24. The Morgan fingerprint density at radius 1 is 1.00 bits per heavy atom. The predicted octanol–water partition coefficient (Wildman–Crippen LogP) is 8.92. The van der Waals surface area contributed by atoms with Crippen molar-refractivity contribution in [3.8, 4) is 0 Å². The number of benzene rings is 2. The fraction of sp³-hybridized carbons (Fsp3) is 0.562. The van der Waals surface area contributed by atoms with Gasteiger partial charge in [-0.3, -0.25) is 9.59 Å². The van der Waals surface area contributed by atoms with E-state index in [2.05, 4.69) is 0 Å². The lowest BCUT2D eigenvalue weighted by atomic mass is 9.53. The van der Waals surface area contributed by atoms with Crippen molar-refractivity contribution in [1.82, 2.24) is 4.90 Å². The van der Waals surface area contributed by atoms with E-state index in [-0.39, 0.29) is 54.7 Å². The van der Waals surface area contributed by atoms with Gasteiger partial charge in [0.25, 0.3) is 5.91 Å². The summed E-state index contributed by atoms with van der Waals surface area (Å²) in [4.78, 5) is 29.1. The van der Waals surface area contributed by atoms with E-state index in [0.29, 0.717) is 47.4 Å². The van der Waals surface area contributed by atoms with Crippen molar-refractivity contribution < 1.29 is 36.3 Å². The Morgan fingerprint density at radius 2 is 1.60 bits per heavy atom. The molecule has 43 heavy (non-hydrogen) atoms. The molecule has 3 atom stereocenters. The molecule has 2 aliphatic rings. The highest BCUT2D eigenvalue weighted by Crippen LogP contribution is 2.57. The Kier molecular flexibility index (Phi) is 9.77. The largest absolute Gasteiger partial charge is 0.469 e. The molecule has 2 aromatic rings. The van der Waals surface area contributed by atoms with Crippen LogP contribution in [0.1, 0.15) is 99.2 Å². The van der Waals surface area contributed by atoms with Crippen LogP contribution in [0.4, 0.5) is 22.0 Å². The van der Waals surface area contributed by atoms with Crippen LogP contribution in [0, 0.1) is 40.4 Å². The highest BCUT2D eigenvalue weighted by atomic mass is 35.5. The summed E-state index contributed by atoms with van der Waals surface area (Å²) in [7, 11) is 1.35. The second kappa shape index (κ2) is 12.5. The number of methoxy groups -OCH3 is 1. The molecule has 0 bridgehead atoms. The summed E-state index contributed by atoms with van der Waals surface area (Å²) >= 11 is 13.7. The van der Waals surface area contributed by atoms with Crippen LogP contribution in [0.5, 0.6) is 0 Å². The quantitative estimate of drug-likeness (QED) is 0.0945. The van der Waals surface area contributed by atoms with Gasteiger partial charge in [0.1, 0.15) is 0 Å². The predicted molar refractivity (Wildman–Crippen MR) is 155 cm³/mol. The Labute approximate surface area is 258 Å². The molecule has 1 aliphatic carbocycles. The van der Waals surface area contributed by atoms with Gasteiger partial charge in [0, 0.05) is 29.6 Å². The molecule has 4 nitrogen and oxygen atoms in total. The zero-order valence-electron chi connectivity index (χ0n) is 24.9. The zero-order chi connectivity index (χ0) is 32.0. The van der Waals surface area contributed by atoms with E-state index >= 15 is 0 Å². The van der Waals surface area contributed by atoms with Crippen LogP contribution in [0.25, 0.3) is 0 Å². The first-order valence-corrected chi connectivity index (χ1v) is 15.3. The number of fused-ring (bicyclic) bond motifs is 3. The SMILES string of the molecule is COC(=O)[C@]1(C)CCC[C@]2(C)c3cc(Cl)c(C(C)C)c(Cl)c3C(=O)N(CCCCCc3c(F)c(F)c(F)c(F)c3F)CC12. The van der Waals surface area contributed by atoms with Crippen LogP contribution in [-0.4, -0.2) is 37.0 Å². The van der Waals surface area contributed by atoms with E-state index in [1.165, 1.54) is 7.11 Å². The minimum atomic E-state index is -2.19. The molecular formula is C32H36Cl2F5NO3. The van der Waals surface area contributed by atoms with Gasteiger partial charge in [0.15, 0.2) is 23.3 Å². The molecule has 1 fully saturated rings. The molecular weight excluding hydrogens is 612 g/mol. The highest BCUT2D eigenvalue weighted by molar-refractivity contribution is 6.38. The molecule has 0 saturated heterocycles. The Hall–Kier alpha value is -2.39. The van der Waals surface area contributed by atoms with E-state index in [0.717, 1.165) is 6.42 Å². The molecule has 0 N–H and O–H groups in total. The molecule has 2 aromatic carbocycles. The Balaban J connectivity index is 1.66. The van der Waals surface area contributed by atoms with Gasteiger partial charge in [-0.2, -0.15) is 0 Å². The maximum atomic E-state index is 14.2. The van der Waals surface area contributed by atoms with E-state index in [1.54, 1.807) is 4.90 Å². The van der Waals surface area contributed by atoms with Crippen LogP contribution in [0.3, 0.4) is 0 Å².